The molecular weight excluding hydrogens is 282 g/mol. The first-order valence-corrected chi connectivity index (χ1v) is 7.55. The van der Waals surface area contributed by atoms with Crippen LogP contribution < -0.4 is 10.1 Å². The molecule has 2 aromatic carbocycles. The summed E-state index contributed by atoms with van der Waals surface area (Å²) in [6.07, 6.45) is 0. The molecule has 1 unspecified atom stereocenters. The third kappa shape index (κ3) is 3.99. The molecule has 1 N–H and O–H groups in total. The van der Waals surface area contributed by atoms with Gasteiger partial charge in [0.1, 0.15) is 5.75 Å². The van der Waals surface area contributed by atoms with E-state index in [1.54, 1.807) is 7.11 Å². The lowest BCUT2D eigenvalue weighted by Crippen LogP contribution is -2.23. The average Bonchev–Trinajstić information content (AvgIpc) is 2.46. The summed E-state index contributed by atoms with van der Waals surface area (Å²) in [6, 6.07) is 14.7. The minimum Gasteiger partial charge on any atom is -0.496 e. The number of ether oxygens (including phenoxy) is 1. The number of benzene rings is 2. The maximum Gasteiger partial charge on any atom is 0.123 e. The van der Waals surface area contributed by atoms with E-state index in [-0.39, 0.29) is 12.1 Å². The topological polar surface area (TPSA) is 21.3 Å². The minimum atomic E-state index is 0.189. The van der Waals surface area contributed by atoms with E-state index in [0.29, 0.717) is 0 Å². The van der Waals surface area contributed by atoms with E-state index in [2.05, 4.69) is 50.4 Å². The van der Waals surface area contributed by atoms with Crippen LogP contribution in [0, 0.1) is 6.92 Å². The van der Waals surface area contributed by atoms with Crippen LogP contribution in [0.2, 0.25) is 5.02 Å². The quantitative estimate of drug-likeness (QED) is 0.832. The van der Waals surface area contributed by atoms with Crippen LogP contribution in [0.1, 0.15) is 42.6 Å². The van der Waals surface area contributed by atoms with Crippen LogP contribution in [0.4, 0.5) is 0 Å². The fourth-order valence-corrected chi connectivity index (χ4v) is 2.71. The Morgan fingerprint density at radius 1 is 1.05 bits per heavy atom. The highest BCUT2D eigenvalue weighted by Gasteiger charge is 2.15. The summed E-state index contributed by atoms with van der Waals surface area (Å²) in [7, 11) is 1.71. The number of hydrogen-bond donors (Lipinski definition) is 1. The van der Waals surface area contributed by atoms with E-state index in [1.807, 2.05) is 18.2 Å². The van der Waals surface area contributed by atoms with Crippen molar-refractivity contribution in [1.82, 2.24) is 5.32 Å². The van der Waals surface area contributed by atoms with E-state index in [4.69, 9.17) is 16.3 Å². The number of halogens is 1. The molecule has 0 bridgehead atoms. The predicted octanol–water partition coefficient (Wildman–Crippen LogP) is 5.07. The van der Waals surface area contributed by atoms with Crippen molar-refractivity contribution in [3.8, 4) is 5.75 Å². The summed E-state index contributed by atoms with van der Waals surface area (Å²) in [5.41, 5.74) is 3.54. The molecule has 3 heteroatoms. The van der Waals surface area contributed by atoms with Gasteiger partial charge < -0.3 is 10.1 Å². The number of hydrogen-bond acceptors (Lipinski definition) is 2. The standard InChI is InChI=1S/C18H22ClNO/c1-12-8-9-17(18(10-12)21-4)14(3)20-13(2)15-6-5-7-16(19)11-15/h5-11,13-14,20H,1-4H3/t13-,14?/m0/s1. The van der Waals surface area contributed by atoms with Crippen molar-refractivity contribution in [2.45, 2.75) is 32.9 Å². The Labute approximate surface area is 132 Å². The normalized spacial score (nSPS) is 13.8. The Bertz CT molecular complexity index is 612. The van der Waals surface area contributed by atoms with Crippen molar-refractivity contribution < 1.29 is 4.74 Å². The molecule has 0 aliphatic heterocycles. The second-order valence-corrected chi connectivity index (χ2v) is 5.85. The summed E-state index contributed by atoms with van der Waals surface area (Å²) in [5, 5.41) is 4.36. The first-order valence-electron chi connectivity index (χ1n) is 7.17. The molecule has 2 atom stereocenters. The molecule has 0 amide bonds. The molecule has 2 nitrogen and oxygen atoms in total. The summed E-state index contributed by atoms with van der Waals surface area (Å²) in [4.78, 5) is 0. The summed E-state index contributed by atoms with van der Waals surface area (Å²) in [6.45, 7) is 6.36. The van der Waals surface area contributed by atoms with E-state index >= 15 is 0 Å². The third-order valence-electron chi connectivity index (χ3n) is 3.70. The second-order valence-electron chi connectivity index (χ2n) is 5.41. The van der Waals surface area contributed by atoms with Gasteiger partial charge in [0.15, 0.2) is 0 Å². The van der Waals surface area contributed by atoms with Gasteiger partial charge >= 0.3 is 0 Å². The molecule has 0 spiro atoms. The maximum absolute atomic E-state index is 6.06. The zero-order valence-corrected chi connectivity index (χ0v) is 13.7. The number of aryl methyl sites for hydroxylation is 1. The van der Waals surface area contributed by atoms with Crippen LogP contribution >= 0.6 is 11.6 Å². The first kappa shape index (κ1) is 15.9. The summed E-state index contributed by atoms with van der Waals surface area (Å²) >= 11 is 6.06. The fourth-order valence-electron chi connectivity index (χ4n) is 2.51. The Morgan fingerprint density at radius 3 is 2.48 bits per heavy atom. The molecule has 0 saturated carbocycles. The number of methoxy groups -OCH3 is 1. The molecule has 2 aromatic rings. The van der Waals surface area contributed by atoms with Gasteiger partial charge in [0.25, 0.3) is 0 Å². The fraction of sp³-hybridized carbons (Fsp3) is 0.333. The lowest BCUT2D eigenvalue weighted by Gasteiger charge is -2.22. The molecular formula is C18H22ClNO. The summed E-state index contributed by atoms with van der Waals surface area (Å²) < 4.78 is 5.49. The zero-order valence-electron chi connectivity index (χ0n) is 13.0. The number of rotatable bonds is 5. The van der Waals surface area contributed by atoms with Gasteiger partial charge in [-0.1, -0.05) is 35.9 Å². The van der Waals surface area contributed by atoms with Gasteiger partial charge in [-0.05, 0) is 50.1 Å². The van der Waals surface area contributed by atoms with Gasteiger partial charge in [-0.3, -0.25) is 0 Å². The highest BCUT2D eigenvalue weighted by atomic mass is 35.5. The van der Waals surface area contributed by atoms with Gasteiger partial charge in [-0.2, -0.15) is 0 Å². The van der Waals surface area contributed by atoms with Crippen molar-refractivity contribution >= 4 is 11.6 Å². The molecule has 0 heterocycles. The lowest BCUT2D eigenvalue weighted by atomic mass is 10.0. The van der Waals surface area contributed by atoms with Crippen LogP contribution in [0.3, 0.4) is 0 Å². The van der Waals surface area contributed by atoms with Crippen LogP contribution in [0.5, 0.6) is 5.75 Å². The second kappa shape index (κ2) is 6.97. The molecule has 0 aliphatic carbocycles. The van der Waals surface area contributed by atoms with Gasteiger partial charge in [-0.15, -0.1) is 0 Å². The van der Waals surface area contributed by atoms with Gasteiger partial charge in [-0.25, -0.2) is 0 Å². The molecule has 0 aromatic heterocycles. The molecule has 0 fully saturated rings. The molecule has 112 valence electrons. The Morgan fingerprint density at radius 2 is 1.81 bits per heavy atom. The van der Waals surface area contributed by atoms with Crippen molar-refractivity contribution in [2.75, 3.05) is 7.11 Å². The molecule has 0 aliphatic rings. The van der Waals surface area contributed by atoms with E-state index in [1.165, 1.54) is 11.1 Å². The average molecular weight is 304 g/mol. The Balaban J connectivity index is 2.16. The monoisotopic (exact) mass is 303 g/mol. The Hall–Kier alpha value is -1.51. The third-order valence-corrected chi connectivity index (χ3v) is 3.94. The molecule has 0 saturated heterocycles. The highest BCUT2D eigenvalue weighted by molar-refractivity contribution is 6.30. The SMILES string of the molecule is COc1cc(C)ccc1C(C)N[C@@H](C)c1cccc(Cl)c1. The van der Waals surface area contributed by atoms with Crippen molar-refractivity contribution in [3.05, 3.63) is 64.2 Å². The van der Waals surface area contributed by atoms with Crippen LogP contribution in [0.25, 0.3) is 0 Å². The van der Waals surface area contributed by atoms with Crippen LogP contribution in [-0.4, -0.2) is 7.11 Å². The Kier molecular flexibility index (Phi) is 5.27. The van der Waals surface area contributed by atoms with Gasteiger partial charge in [0.05, 0.1) is 7.11 Å². The van der Waals surface area contributed by atoms with E-state index < -0.39 is 0 Å². The van der Waals surface area contributed by atoms with Crippen LogP contribution in [0.15, 0.2) is 42.5 Å². The predicted molar refractivity (Wildman–Crippen MR) is 89.1 cm³/mol. The molecule has 0 radical (unpaired) electrons. The number of nitrogens with one attached hydrogen (secondary N) is 1. The lowest BCUT2D eigenvalue weighted by molar-refractivity contribution is 0.396. The van der Waals surface area contributed by atoms with E-state index in [0.717, 1.165) is 16.3 Å². The smallest absolute Gasteiger partial charge is 0.123 e. The maximum atomic E-state index is 6.06. The van der Waals surface area contributed by atoms with Crippen molar-refractivity contribution in [1.29, 1.82) is 0 Å². The first-order chi connectivity index (χ1) is 10.0. The van der Waals surface area contributed by atoms with Crippen LogP contribution in [-0.2, 0) is 0 Å². The molecule has 2 rings (SSSR count). The minimum absolute atomic E-state index is 0.189. The zero-order chi connectivity index (χ0) is 15.4. The van der Waals surface area contributed by atoms with Crippen molar-refractivity contribution in [2.24, 2.45) is 0 Å². The molecule has 21 heavy (non-hydrogen) atoms. The van der Waals surface area contributed by atoms with Gasteiger partial charge in [0, 0.05) is 22.7 Å². The van der Waals surface area contributed by atoms with Crippen molar-refractivity contribution in [3.63, 3.8) is 0 Å². The largest absolute Gasteiger partial charge is 0.496 e. The van der Waals surface area contributed by atoms with Gasteiger partial charge in [0.2, 0.25) is 0 Å². The highest BCUT2D eigenvalue weighted by Crippen LogP contribution is 2.28. The van der Waals surface area contributed by atoms with E-state index in [9.17, 15) is 0 Å². The summed E-state index contributed by atoms with van der Waals surface area (Å²) in [5.74, 6) is 0.924.